The number of amides is 1. The maximum absolute atomic E-state index is 11.3. The average Bonchev–Trinajstić information content (AvgIpc) is 2.57. The van der Waals surface area contributed by atoms with Crippen LogP contribution in [0.1, 0.15) is 23.8 Å². The van der Waals surface area contributed by atoms with Gasteiger partial charge in [0.2, 0.25) is 5.91 Å². The van der Waals surface area contributed by atoms with Gasteiger partial charge in [0.15, 0.2) is 5.69 Å². The summed E-state index contributed by atoms with van der Waals surface area (Å²) in [5.74, 6) is -0.691. The summed E-state index contributed by atoms with van der Waals surface area (Å²) in [6, 6.07) is 1.40. The first-order valence-electron chi connectivity index (χ1n) is 4.83. The molecule has 1 rings (SSSR count). The van der Waals surface area contributed by atoms with Crippen LogP contribution in [-0.2, 0) is 16.1 Å². The molecule has 88 valence electrons. The van der Waals surface area contributed by atoms with Crippen LogP contribution in [0.4, 0.5) is 5.82 Å². The molecule has 7 heteroatoms. The second-order valence-electron chi connectivity index (χ2n) is 3.11. The van der Waals surface area contributed by atoms with Crippen LogP contribution < -0.4 is 11.5 Å². The fourth-order valence-corrected chi connectivity index (χ4v) is 1.13. The standard InChI is InChI=1S/C9H14N4O3/c1-2-16-9(15)6-5-7(10)13(12-6)4-3-8(11)14/h5H,2-4,10H2,1H3,(H2,11,14). The van der Waals surface area contributed by atoms with Crippen molar-refractivity contribution < 1.29 is 14.3 Å². The predicted molar refractivity (Wildman–Crippen MR) is 56.4 cm³/mol. The van der Waals surface area contributed by atoms with Crippen LogP contribution >= 0.6 is 0 Å². The Morgan fingerprint density at radius 2 is 2.25 bits per heavy atom. The lowest BCUT2D eigenvalue weighted by atomic mass is 10.4. The molecule has 0 saturated heterocycles. The van der Waals surface area contributed by atoms with Gasteiger partial charge >= 0.3 is 5.97 Å². The van der Waals surface area contributed by atoms with Gasteiger partial charge in [0.25, 0.3) is 0 Å². The number of aromatic nitrogens is 2. The molecule has 0 fully saturated rings. The fourth-order valence-electron chi connectivity index (χ4n) is 1.13. The Morgan fingerprint density at radius 3 is 2.81 bits per heavy atom. The maximum Gasteiger partial charge on any atom is 0.358 e. The highest BCUT2D eigenvalue weighted by molar-refractivity contribution is 5.88. The number of nitrogens with zero attached hydrogens (tertiary/aromatic N) is 2. The molecule has 0 aliphatic rings. The molecule has 1 amide bonds. The van der Waals surface area contributed by atoms with Gasteiger partial charge in [-0.25, -0.2) is 9.48 Å². The number of hydrogen-bond acceptors (Lipinski definition) is 5. The first-order chi connectivity index (χ1) is 7.54. The van der Waals surface area contributed by atoms with E-state index in [1.165, 1.54) is 10.7 Å². The predicted octanol–water partition coefficient (Wildman–Crippen LogP) is -0.483. The smallest absolute Gasteiger partial charge is 0.358 e. The van der Waals surface area contributed by atoms with E-state index in [1.807, 2.05) is 0 Å². The number of anilines is 1. The number of ether oxygens (including phenoxy) is 1. The number of esters is 1. The minimum atomic E-state index is -0.535. The summed E-state index contributed by atoms with van der Waals surface area (Å²) >= 11 is 0. The van der Waals surface area contributed by atoms with Gasteiger partial charge in [-0.2, -0.15) is 5.10 Å². The molecular formula is C9H14N4O3. The van der Waals surface area contributed by atoms with Crippen molar-refractivity contribution in [3.05, 3.63) is 11.8 Å². The van der Waals surface area contributed by atoms with Gasteiger partial charge in [-0.05, 0) is 6.92 Å². The topological polar surface area (TPSA) is 113 Å². The van der Waals surface area contributed by atoms with Gasteiger partial charge in [0.1, 0.15) is 5.82 Å². The number of nitrogens with two attached hydrogens (primary N) is 2. The molecule has 1 aromatic rings. The van der Waals surface area contributed by atoms with Gasteiger partial charge in [-0.15, -0.1) is 0 Å². The molecule has 4 N–H and O–H groups in total. The Balaban J connectivity index is 2.73. The van der Waals surface area contributed by atoms with Crippen molar-refractivity contribution in [3.8, 4) is 0 Å². The molecule has 0 bridgehead atoms. The summed E-state index contributed by atoms with van der Waals surface area (Å²) in [6.07, 6.45) is 0.119. The third-order valence-electron chi connectivity index (χ3n) is 1.87. The lowest BCUT2D eigenvalue weighted by molar-refractivity contribution is -0.118. The van der Waals surface area contributed by atoms with Crippen molar-refractivity contribution in [2.45, 2.75) is 19.9 Å². The zero-order valence-corrected chi connectivity index (χ0v) is 8.97. The van der Waals surface area contributed by atoms with Crippen molar-refractivity contribution in [1.82, 2.24) is 9.78 Å². The molecule has 0 atom stereocenters. The largest absolute Gasteiger partial charge is 0.461 e. The van der Waals surface area contributed by atoms with Crippen molar-refractivity contribution in [3.63, 3.8) is 0 Å². The summed E-state index contributed by atoms with van der Waals surface area (Å²) < 4.78 is 6.10. The zero-order valence-electron chi connectivity index (χ0n) is 8.97. The van der Waals surface area contributed by atoms with E-state index in [-0.39, 0.29) is 25.3 Å². The molecule has 0 aromatic carbocycles. The van der Waals surface area contributed by atoms with E-state index in [0.717, 1.165) is 0 Å². The highest BCUT2D eigenvalue weighted by Crippen LogP contribution is 2.08. The second kappa shape index (κ2) is 5.15. The lowest BCUT2D eigenvalue weighted by Crippen LogP contribution is -2.16. The van der Waals surface area contributed by atoms with Crippen molar-refractivity contribution in [2.75, 3.05) is 12.3 Å². The Bertz CT molecular complexity index is 399. The monoisotopic (exact) mass is 226 g/mol. The minimum Gasteiger partial charge on any atom is -0.461 e. The Morgan fingerprint density at radius 1 is 1.56 bits per heavy atom. The quantitative estimate of drug-likeness (QED) is 0.658. The van der Waals surface area contributed by atoms with Gasteiger partial charge < -0.3 is 16.2 Å². The average molecular weight is 226 g/mol. The number of carbonyl (C=O) groups excluding carboxylic acids is 2. The number of hydrogen-bond donors (Lipinski definition) is 2. The normalized spacial score (nSPS) is 10.1. The highest BCUT2D eigenvalue weighted by atomic mass is 16.5. The van der Waals surface area contributed by atoms with Gasteiger partial charge in [0.05, 0.1) is 13.2 Å². The molecule has 0 unspecified atom stereocenters. The van der Waals surface area contributed by atoms with Crippen molar-refractivity contribution >= 4 is 17.7 Å². The third kappa shape index (κ3) is 2.97. The number of nitrogen functional groups attached to an aromatic ring is 1. The van der Waals surface area contributed by atoms with Gasteiger partial charge in [0, 0.05) is 12.5 Å². The van der Waals surface area contributed by atoms with E-state index in [4.69, 9.17) is 16.2 Å². The molecule has 7 nitrogen and oxygen atoms in total. The molecular weight excluding hydrogens is 212 g/mol. The van der Waals surface area contributed by atoms with Crippen LogP contribution in [0.15, 0.2) is 6.07 Å². The number of primary amides is 1. The second-order valence-corrected chi connectivity index (χ2v) is 3.11. The molecule has 0 aliphatic heterocycles. The van der Waals surface area contributed by atoms with Crippen LogP contribution in [0.3, 0.4) is 0 Å². The molecule has 0 spiro atoms. The Kier molecular flexibility index (Phi) is 3.87. The van der Waals surface area contributed by atoms with Crippen LogP contribution in [0.5, 0.6) is 0 Å². The molecule has 1 heterocycles. The number of rotatable bonds is 5. The molecule has 0 saturated carbocycles. The minimum absolute atomic E-state index is 0.119. The van der Waals surface area contributed by atoms with E-state index < -0.39 is 11.9 Å². The summed E-state index contributed by atoms with van der Waals surface area (Å²) in [4.78, 5) is 21.9. The number of carbonyl (C=O) groups is 2. The van der Waals surface area contributed by atoms with Crippen LogP contribution in [-0.4, -0.2) is 28.3 Å². The lowest BCUT2D eigenvalue weighted by Gasteiger charge is -2.00. The van der Waals surface area contributed by atoms with Crippen molar-refractivity contribution in [1.29, 1.82) is 0 Å². The SMILES string of the molecule is CCOC(=O)c1cc(N)n(CCC(N)=O)n1. The highest BCUT2D eigenvalue weighted by Gasteiger charge is 2.13. The molecule has 1 aromatic heterocycles. The number of aryl methyl sites for hydroxylation is 1. The zero-order chi connectivity index (χ0) is 12.1. The van der Waals surface area contributed by atoms with E-state index in [1.54, 1.807) is 6.92 Å². The van der Waals surface area contributed by atoms with Crippen LogP contribution in [0.2, 0.25) is 0 Å². The van der Waals surface area contributed by atoms with Gasteiger partial charge in [-0.3, -0.25) is 4.79 Å². The summed E-state index contributed by atoms with van der Waals surface area (Å²) in [6.45, 7) is 2.22. The van der Waals surface area contributed by atoms with Crippen LogP contribution in [0.25, 0.3) is 0 Å². The summed E-state index contributed by atoms with van der Waals surface area (Å²) in [5, 5.41) is 3.91. The molecule has 0 aliphatic carbocycles. The maximum atomic E-state index is 11.3. The summed E-state index contributed by atoms with van der Waals surface area (Å²) in [7, 11) is 0. The van der Waals surface area contributed by atoms with E-state index in [9.17, 15) is 9.59 Å². The Hall–Kier alpha value is -2.05. The molecule has 16 heavy (non-hydrogen) atoms. The first kappa shape index (κ1) is 12.0. The Labute approximate surface area is 92.3 Å². The fraction of sp³-hybridized carbons (Fsp3) is 0.444. The van der Waals surface area contributed by atoms with Crippen molar-refractivity contribution in [2.24, 2.45) is 5.73 Å². The first-order valence-corrected chi connectivity index (χ1v) is 4.83. The summed E-state index contributed by atoms with van der Waals surface area (Å²) in [5.41, 5.74) is 10.7. The third-order valence-corrected chi connectivity index (χ3v) is 1.87. The van der Waals surface area contributed by atoms with E-state index in [0.29, 0.717) is 5.82 Å². The van der Waals surface area contributed by atoms with Gasteiger partial charge in [-0.1, -0.05) is 0 Å². The van der Waals surface area contributed by atoms with E-state index >= 15 is 0 Å². The van der Waals surface area contributed by atoms with Crippen LogP contribution in [0, 0.1) is 0 Å². The van der Waals surface area contributed by atoms with E-state index in [2.05, 4.69) is 5.10 Å². The molecule has 0 radical (unpaired) electrons.